The van der Waals surface area contributed by atoms with Crippen LogP contribution >= 0.6 is 0 Å². The van der Waals surface area contributed by atoms with Crippen LogP contribution < -0.4 is 5.32 Å². The maximum atomic E-state index is 12.2. The van der Waals surface area contributed by atoms with E-state index < -0.39 is 5.60 Å². The van der Waals surface area contributed by atoms with Gasteiger partial charge in [-0.05, 0) is 57.4 Å². The molecule has 19 heavy (non-hydrogen) atoms. The van der Waals surface area contributed by atoms with Crippen molar-refractivity contribution in [2.75, 3.05) is 6.54 Å². The summed E-state index contributed by atoms with van der Waals surface area (Å²) in [5.41, 5.74) is -0.939. The summed E-state index contributed by atoms with van der Waals surface area (Å²) in [5, 5.41) is 13.7. The summed E-state index contributed by atoms with van der Waals surface area (Å²) >= 11 is 0. The Kier molecular flexibility index (Phi) is 3.13. The summed E-state index contributed by atoms with van der Waals surface area (Å²) in [6, 6.07) is -0.257. The Labute approximate surface area is 114 Å². The Bertz CT molecular complexity index is 368. The van der Waals surface area contributed by atoms with E-state index >= 15 is 0 Å². The third-order valence-corrected chi connectivity index (χ3v) is 5.16. The van der Waals surface area contributed by atoms with Crippen LogP contribution in [0.25, 0.3) is 0 Å². The number of nitrogens with one attached hydrogen (secondary N) is 1. The summed E-state index contributed by atoms with van der Waals surface area (Å²) in [4.78, 5) is 12.2. The fourth-order valence-corrected chi connectivity index (χ4v) is 4.94. The molecule has 108 valence electrons. The lowest BCUT2D eigenvalue weighted by molar-refractivity contribution is -0.220. The molecule has 0 spiro atoms. The molecule has 2 N–H and O–H groups in total. The van der Waals surface area contributed by atoms with Crippen LogP contribution in [-0.2, 0) is 9.53 Å². The highest BCUT2D eigenvalue weighted by Gasteiger charge is 2.59. The number of ether oxygens (including phenoxy) is 1. The standard InChI is InChI=1S/C15H25NO3/c1-3-16-10(2)13(17)19-15-7-11-4-12(8-15)6-14(18,5-11)9-15/h10-12,16,18H,3-9H2,1-2H3. The molecule has 4 aliphatic carbocycles. The molecule has 0 aromatic rings. The Morgan fingerprint density at radius 1 is 1.37 bits per heavy atom. The number of carbonyl (C=O) groups excluding carboxylic acids is 1. The van der Waals surface area contributed by atoms with Crippen molar-refractivity contribution in [2.24, 2.45) is 11.8 Å². The SMILES string of the molecule is CCNC(C)C(=O)OC12CC3CC(CC(O)(C3)C1)C2. The van der Waals surface area contributed by atoms with Crippen molar-refractivity contribution < 1.29 is 14.6 Å². The number of carbonyl (C=O) groups is 1. The van der Waals surface area contributed by atoms with E-state index in [1.165, 1.54) is 6.42 Å². The summed E-state index contributed by atoms with van der Waals surface area (Å²) in [6.07, 6.45) is 5.59. The molecule has 4 fully saturated rings. The molecule has 0 heterocycles. The van der Waals surface area contributed by atoms with E-state index in [4.69, 9.17) is 4.74 Å². The van der Waals surface area contributed by atoms with Crippen LogP contribution in [0.4, 0.5) is 0 Å². The second-order valence-electron chi connectivity index (χ2n) is 7.07. The van der Waals surface area contributed by atoms with Gasteiger partial charge in [0.2, 0.25) is 0 Å². The third kappa shape index (κ3) is 2.40. The van der Waals surface area contributed by atoms with Gasteiger partial charge < -0.3 is 15.2 Å². The highest BCUT2D eigenvalue weighted by molar-refractivity contribution is 5.75. The number of aliphatic hydroxyl groups is 1. The van der Waals surface area contributed by atoms with Crippen LogP contribution in [0.5, 0.6) is 0 Å². The van der Waals surface area contributed by atoms with Gasteiger partial charge in [0.15, 0.2) is 0 Å². The Morgan fingerprint density at radius 3 is 2.53 bits per heavy atom. The number of hydrogen-bond acceptors (Lipinski definition) is 4. The number of esters is 1. The van der Waals surface area contributed by atoms with E-state index in [1.807, 2.05) is 13.8 Å². The predicted octanol–water partition coefficient (Wildman–Crippen LogP) is 1.61. The lowest BCUT2D eigenvalue weighted by Crippen LogP contribution is -2.61. The van der Waals surface area contributed by atoms with Gasteiger partial charge in [0.1, 0.15) is 11.6 Å². The van der Waals surface area contributed by atoms with Gasteiger partial charge >= 0.3 is 5.97 Å². The van der Waals surface area contributed by atoms with Crippen molar-refractivity contribution in [3.05, 3.63) is 0 Å². The molecule has 0 aromatic heterocycles. The first-order chi connectivity index (χ1) is 8.94. The predicted molar refractivity (Wildman–Crippen MR) is 71.6 cm³/mol. The van der Waals surface area contributed by atoms with E-state index in [1.54, 1.807) is 0 Å². The van der Waals surface area contributed by atoms with Crippen LogP contribution in [0.3, 0.4) is 0 Å². The minimum atomic E-state index is -0.564. The third-order valence-electron chi connectivity index (χ3n) is 5.16. The molecule has 0 aromatic carbocycles. The van der Waals surface area contributed by atoms with Crippen molar-refractivity contribution in [1.29, 1.82) is 0 Å². The summed E-state index contributed by atoms with van der Waals surface area (Å²) in [5.74, 6) is 0.939. The van der Waals surface area contributed by atoms with Gasteiger partial charge in [-0.25, -0.2) is 0 Å². The lowest BCUT2D eigenvalue weighted by Gasteiger charge is -2.59. The van der Waals surface area contributed by atoms with Gasteiger partial charge in [0.25, 0.3) is 0 Å². The average molecular weight is 267 g/mol. The van der Waals surface area contributed by atoms with Crippen molar-refractivity contribution >= 4 is 5.97 Å². The smallest absolute Gasteiger partial charge is 0.323 e. The molecule has 4 nitrogen and oxygen atoms in total. The van der Waals surface area contributed by atoms with Gasteiger partial charge in [0, 0.05) is 6.42 Å². The van der Waals surface area contributed by atoms with Crippen molar-refractivity contribution in [2.45, 2.75) is 69.6 Å². The number of rotatable bonds is 4. The Hall–Kier alpha value is -0.610. The molecule has 0 saturated heterocycles. The molecule has 4 bridgehead atoms. The average Bonchev–Trinajstić information content (AvgIpc) is 2.24. The molecule has 0 amide bonds. The molecule has 4 aliphatic rings. The minimum absolute atomic E-state index is 0.160. The fourth-order valence-electron chi connectivity index (χ4n) is 4.94. The molecule has 4 rings (SSSR count). The minimum Gasteiger partial charge on any atom is -0.458 e. The lowest BCUT2D eigenvalue weighted by atomic mass is 9.52. The first kappa shape index (κ1) is 13.4. The molecule has 3 atom stereocenters. The highest BCUT2D eigenvalue weighted by Crippen LogP contribution is 2.58. The van der Waals surface area contributed by atoms with Crippen LogP contribution in [0.1, 0.15) is 52.4 Å². The van der Waals surface area contributed by atoms with Gasteiger partial charge in [-0.1, -0.05) is 6.92 Å². The van der Waals surface area contributed by atoms with Crippen LogP contribution in [0.2, 0.25) is 0 Å². The van der Waals surface area contributed by atoms with Crippen LogP contribution in [0, 0.1) is 11.8 Å². The zero-order valence-corrected chi connectivity index (χ0v) is 11.9. The quantitative estimate of drug-likeness (QED) is 0.760. The van der Waals surface area contributed by atoms with E-state index in [-0.39, 0.29) is 17.6 Å². The topological polar surface area (TPSA) is 58.6 Å². The van der Waals surface area contributed by atoms with E-state index in [0.717, 1.165) is 32.2 Å². The molecule has 4 heteroatoms. The first-order valence-electron chi connectivity index (χ1n) is 7.62. The van der Waals surface area contributed by atoms with Gasteiger partial charge in [-0.15, -0.1) is 0 Å². The van der Waals surface area contributed by atoms with Crippen LogP contribution in [0.15, 0.2) is 0 Å². The maximum Gasteiger partial charge on any atom is 0.323 e. The second kappa shape index (κ2) is 4.45. The van der Waals surface area contributed by atoms with E-state index in [9.17, 15) is 9.90 Å². The monoisotopic (exact) mass is 267 g/mol. The molecule has 0 radical (unpaired) electrons. The van der Waals surface area contributed by atoms with Gasteiger partial charge in [0.05, 0.1) is 5.60 Å². The summed E-state index contributed by atoms with van der Waals surface area (Å²) in [6.45, 7) is 4.59. The van der Waals surface area contributed by atoms with E-state index in [2.05, 4.69) is 5.32 Å². The van der Waals surface area contributed by atoms with Crippen molar-refractivity contribution in [1.82, 2.24) is 5.32 Å². The Balaban J connectivity index is 1.72. The van der Waals surface area contributed by atoms with Crippen molar-refractivity contribution in [3.63, 3.8) is 0 Å². The van der Waals surface area contributed by atoms with Gasteiger partial charge in [-0.3, -0.25) is 4.79 Å². The molecule has 4 saturated carbocycles. The Morgan fingerprint density at radius 2 is 2.00 bits per heavy atom. The molecular formula is C15H25NO3. The summed E-state index contributed by atoms with van der Waals surface area (Å²) < 4.78 is 5.87. The highest BCUT2D eigenvalue weighted by atomic mass is 16.6. The maximum absolute atomic E-state index is 12.2. The summed E-state index contributed by atoms with van der Waals surface area (Å²) in [7, 11) is 0. The van der Waals surface area contributed by atoms with Crippen LogP contribution in [-0.4, -0.2) is 34.9 Å². The zero-order chi connectivity index (χ0) is 13.7. The number of hydrogen-bond donors (Lipinski definition) is 2. The second-order valence-corrected chi connectivity index (χ2v) is 7.07. The number of likely N-dealkylation sites (N-methyl/N-ethyl adjacent to an activating group) is 1. The largest absolute Gasteiger partial charge is 0.458 e. The normalized spacial score (nSPS) is 45.2. The molecular weight excluding hydrogens is 242 g/mol. The molecule has 3 unspecified atom stereocenters. The first-order valence-corrected chi connectivity index (χ1v) is 7.62. The van der Waals surface area contributed by atoms with E-state index in [0.29, 0.717) is 18.3 Å². The van der Waals surface area contributed by atoms with Gasteiger partial charge in [-0.2, -0.15) is 0 Å². The fraction of sp³-hybridized carbons (Fsp3) is 0.933. The zero-order valence-electron chi connectivity index (χ0n) is 11.9. The van der Waals surface area contributed by atoms with Crippen molar-refractivity contribution in [3.8, 4) is 0 Å². The molecule has 0 aliphatic heterocycles.